The Hall–Kier alpha value is -6.45. The van der Waals surface area contributed by atoms with Crippen LogP contribution in [-0.2, 0) is 0 Å². The van der Waals surface area contributed by atoms with E-state index < -0.39 is 0 Å². The second kappa shape index (κ2) is 11.7. The molecule has 8 aromatic carbocycles. The highest BCUT2D eigenvalue weighted by Crippen LogP contribution is 2.39. The molecule has 0 aliphatic carbocycles. The highest BCUT2D eigenvalue weighted by atomic mass is 15.0. The smallest absolute Gasteiger partial charge is 0.164 e. The van der Waals surface area contributed by atoms with Crippen LogP contribution >= 0.6 is 0 Å². The highest BCUT2D eigenvalue weighted by molar-refractivity contribution is 6.25. The van der Waals surface area contributed by atoms with Crippen LogP contribution in [-0.4, -0.2) is 15.0 Å². The van der Waals surface area contributed by atoms with Gasteiger partial charge in [0.25, 0.3) is 0 Å². The third-order valence-corrected chi connectivity index (χ3v) is 9.12. The molecule has 1 heterocycles. The van der Waals surface area contributed by atoms with Crippen molar-refractivity contribution in [2.75, 3.05) is 0 Å². The van der Waals surface area contributed by atoms with Gasteiger partial charge >= 0.3 is 0 Å². The predicted octanol–water partition coefficient (Wildman–Crippen LogP) is 11.7. The van der Waals surface area contributed by atoms with E-state index in [-0.39, 0.29) is 0 Å². The molecule has 3 heteroatoms. The van der Waals surface area contributed by atoms with Crippen LogP contribution in [0.25, 0.3) is 88.7 Å². The molecule has 0 aliphatic heterocycles. The maximum atomic E-state index is 5.15. The molecule has 0 amide bonds. The summed E-state index contributed by atoms with van der Waals surface area (Å²) in [5.74, 6) is 1.93. The fraction of sp³-hybridized carbons (Fsp3) is 0. The lowest BCUT2D eigenvalue weighted by atomic mass is 9.91. The van der Waals surface area contributed by atoms with Crippen LogP contribution in [0, 0.1) is 0 Å². The predicted molar refractivity (Wildman–Crippen MR) is 200 cm³/mol. The number of hydrogen-bond acceptors (Lipinski definition) is 3. The van der Waals surface area contributed by atoms with Crippen molar-refractivity contribution in [1.82, 2.24) is 15.0 Å². The number of nitrogens with zero attached hydrogens (tertiary/aromatic N) is 3. The van der Waals surface area contributed by atoms with Crippen LogP contribution in [0.1, 0.15) is 0 Å². The van der Waals surface area contributed by atoms with Crippen molar-refractivity contribution in [1.29, 1.82) is 0 Å². The Bertz CT molecular complexity index is 2570. The number of fused-ring (bicyclic) bond motifs is 6. The van der Waals surface area contributed by atoms with Crippen molar-refractivity contribution < 1.29 is 0 Å². The Balaban J connectivity index is 1.24. The summed E-state index contributed by atoms with van der Waals surface area (Å²) >= 11 is 0. The molecule has 0 saturated carbocycles. The van der Waals surface area contributed by atoms with E-state index in [2.05, 4.69) is 140 Å². The maximum Gasteiger partial charge on any atom is 0.164 e. The van der Waals surface area contributed by atoms with Crippen LogP contribution in [0.5, 0.6) is 0 Å². The van der Waals surface area contributed by atoms with Crippen molar-refractivity contribution in [3.63, 3.8) is 0 Å². The first-order chi connectivity index (χ1) is 23.8. The average Bonchev–Trinajstić information content (AvgIpc) is 3.18. The summed E-state index contributed by atoms with van der Waals surface area (Å²) in [7, 11) is 0. The van der Waals surface area contributed by atoms with E-state index in [1.165, 1.54) is 32.3 Å². The molecule has 0 unspecified atom stereocenters. The van der Waals surface area contributed by atoms with Gasteiger partial charge in [-0.15, -0.1) is 0 Å². The van der Waals surface area contributed by atoms with E-state index in [0.29, 0.717) is 17.5 Å². The van der Waals surface area contributed by atoms with E-state index >= 15 is 0 Å². The second-order valence-electron chi connectivity index (χ2n) is 12.0. The molecule has 0 N–H and O–H groups in total. The third-order valence-electron chi connectivity index (χ3n) is 9.12. The molecule has 9 rings (SSSR count). The summed E-state index contributed by atoms with van der Waals surface area (Å²) in [6.45, 7) is 0. The molecule has 3 nitrogen and oxygen atoms in total. The van der Waals surface area contributed by atoms with Gasteiger partial charge in [-0.3, -0.25) is 0 Å². The summed E-state index contributed by atoms with van der Waals surface area (Å²) in [5, 5.41) is 7.53. The molecule has 0 fully saturated rings. The monoisotopic (exact) mass is 611 g/mol. The zero-order chi connectivity index (χ0) is 31.9. The normalized spacial score (nSPS) is 11.3. The Morgan fingerprint density at radius 3 is 1.35 bits per heavy atom. The van der Waals surface area contributed by atoms with E-state index in [4.69, 9.17) is 15.0 Å². The van der Waals surface area contributed by atoms with Gasteiger partial charge in [0, 0.05) is 16.7 Å². The minimum atomic E-state index is 0.641. The molecule has 0 saturated heterocycles. The van der Waals surface area contributed by atoms with E-state index in [0.717, 1.165) is 38.9 Å². The van der Waals surface area contributed by atoms with Crippen molar-refractivity contribution in [2.45, 2.75) is 0 Å². The molecule has 1 aromatic heterocycles. The molecule has 224 valence electrons. The van der Waals surface area contributed by atoms with Crippen molar-refractivity contribution in [3.8, 4) is 56.4 Å². The zero-order valence-electron chi connectivity index (χ0n) is 26.1. The van der Waals surface area contributed by atoms with Gasteiger partial charge in [-0.25, -0.2) is 15.0 Å². The number of rotatable bonds is 5. The van der Waals surface area contributed by atoms with E-state index in [9.17, 15) is 0 Å². The Morgan fingerprint density at radius 2 is 0.688 bits per heavy atom. The Kier molecular flexibility index (Phi) is 6.80. The lowest BCUT2D eigenvalue weighted by Crippen LogP contribution is -2.01. The second-order valence-corrected chi connectivity index (χ2v) is 12.0. The molecule has 0 atom stereocenters. The van der Waals surface area contributed by atoms with Crippen molar-refractivity contribution in [2.24, 2.45) is 0 Å². The topological polar surface area (TPSA) is 38.7 Å². The van der Waals surface area contributed by atoms with Gasteiger partial charge in [-0.2, -0.15) is 0 Å². The van der Waals surface area contributed by atoms with Gasteiger partial charge < -0.3 is 0 Å². The quantitative estimate of drug-likeness (QED) is 0.182. The third kappa shape index (κ3) is 4.90. The summed E-state index contributed by atoms with van der Waals surface area (Å²) in [5.41, 5.74) is 7.31. The first-order valence-corrected chi connectivity index (χ1v) is 16.2. The minimum absolute atomic E-state index is 0.641. The molecular formula is C45H29N3. The van der Waals surface area contributed by atoms with Gasteiger partial charge in [0.1, 0.15) is 0 Å². The molecule has 48 heavy (non-hydrogen) atoms. The van der Waals surface area contributed by atoms with Crippen LogP contribution in [0.15, 0.2) is 176 Å². The summed E-state index contributed by atoms with van der Waals surface area (Å²) in [4.78, 5) is 15.3. The SMILES string of the molecule is c1ccc(-c2cccc(-c3nc(-c4ccccc4)nc(-c4ccccc4-c4ccc5c6ccccc6c6ccccc6c5c4)n3)c2)cc1. The lowest BCUT2D eigenvalue weighted by molar-refractivity contribution is 1.07. The van der Waals surface area contributed by atoms with E-state index in [1.54, 1.807) is 0 Å². The van der Waals surface area contributed by atoms with Gasteiger partial charge in [-0.05, 0) is 66.7 Å². The maximum absolute atomic E-state index is 5.15. The molecule has 0 aliphatic rings. The van der Waals surface area contributed by atoms with Gasteiger partial charge in [-0.1, -0.05) is 164 Å². The summed E-state index contributed by atoms with van der Waals surface area (Å²) in [6.07, 6.45) is 0. The molecule has 0 radical (unpaired) electrons. The van der Waals surface area contributed by atoms with Crippen LogP contribution < -0.4 is 0 Å². The number of aromatic nitrogens is 3. The number of benzene rings is 8. The average molecular weight is 612 g/mol. The Morgan fingerprint density at radius 1 is 0.229 bits per heavy atom. The minimum Gasteiger partial charge on any atom is -0.208 e. The molecule has 0 bridgehead atoms. The van der Waals surface area contributed by atoms with Crippen LogP contribution in [0.2, 0.25) is 0 Å². The highest BCUT2D eigenvalue weighted by Gasteiger charge is 2.17. The number of hydrogen-bond donors (Lipinski definition) is 0. The van der Waals surface area contributed by atoms with Crippen LogP contribution in [0.3, 0.4) is 0 Å². The van der Waals surface area contributed by atoms with Gasteiger partial charge in [0.15, 0.2) is 17.5 Å². The Labute approximate surface area is 278 Å². The zero-order valence-corrected chi connectivity index (χ0v) is 26.1. The first kappa shape index (κ1) is 27.8. The first-order valence-electron chi connectivity index (χ1n) is 16.2. The molecular weight excluding hydrogens is 583 g/mol. The largest absolute Gasteiger partial charge is 0.208 e. The molecule has 0 spiro atoms. The van der Waals surface area contributed by atoms with Gasteiger partial charge in [0.05, 0.1) is 0 Å². The summed E-state index contributed by atoms with van der Waals surface area (Å²) < 4.78 is 0. The van der Waals surface area contributed by atoms with Crippen LogP contribution in [0.4, 0.5) is 0 Å². The fourth-order valence-electron chi connectivity index (χ4n) is 6.82. The van der Waals surface area contributed by atoms with E-state index in [1.807, 2.05) is 36.4 Å². The van der Waals surface area contributed by atoms with Gasteiger partial charge in [0.2, 0.25) is 0 Å². The fourth-order valence-corrected chi connectivity index (χ4v) is 6.82. The lowest BCUT2D eigenvalue weighted by Gasteiger charge is -2.14. The van der Waals surface area contributed by atoms with Crippen molar-refractivity contribution in [3.05, 3.63) is 176 Å². The van der Waals surface area contributed by atoms with Crippen molar-refractivity contribution >= 4 is 32.3 Å². The molecule has 9 aromatic rings. The standard InChI is InChI=1S/C45H29N3/c1-3-14-30(15-4-1)32-18-13-19-34(28-32)44-46-43(31-16-5-2-6-17-31)47-45(48-44)41-25-12-7-20-35(41)33-26-27-40-38-23-9-8-21-36(38)37-22-10-11-24-39(37)42(40)29-33/h1-29H. The summed E-state index contributed by atoms with van der Waals surface area (Å²) in [6, 6.07) is 61.6.